The molecule has 1 N–H and O–H groups in total. The number of hydrogen-bond acceptors (Lipinski definition) is 5. The van der Waals surface area contributed by atoms with Crippen LogP contribution in [0.3, 0.4) is 0 Å². The van der Waals surface area contributed by atoms with Gasteiger partial charge in [-0.2, -0.15) is 0 Å². The predicted molar refractivity (Wildman–Crippen MR) is 132 cm³/mol. The van der Waals surface area contributed by atoms with Gasteiger partial charge in [0.2, 0.25) is 0 Å². The lowest BCUT2D eigenvalue weighted by Crippen LogP contribution is -2.22. The van der Waals surface area contributed by atoms with Gasteiger partial charge in [-0.05, 0) is 36.6 Å². The topological polar surface area (TPSA) is 85.6 Å². The second kappa shape index (κ2) is 9.75. The van der Waals surface area contributed by atoms with E-state index in [1.807, 2.05) is 68.4 Å². The summed E-state index contributed by atoms with van der Waals surface area (Å²) in [5.74, 6) is -0.589. The zero-order valence-electron chi connectivity index (χ0n) is 19.3. The number of benzene rings is 3. The maximum Gasteiger partial charge on any atom is 0.342 e. The number of esters is 1. The molecule has 1 amide bonds. The van der Waals surface area contributed by atoms with Crippen LogP contribution < -0.4 is 10.7 Å². The molecule has 3 aromatic carbocycles. The van der Waals surface area contributed by atoms with Crippen molar-refractivity contribution < 1.29 is 18.7 Å². The molecule has 0 saturated heterocycles. The Hall–Kier alpha value is -4.19. The molecule has 4 rings (SSSR count). The lowest BCUT2D eigenvalue weighted by Gasteiger charge is -2.14. The monoisotopic (exact) mass is 455 g/mol. The molecule has 0 unspecified atom stereocenters. The summed E-state index contributed by atoms with van der Waals surface area (Å²) in [6, 6.07) is 21.4. The van der Waals surface area contributed by atoms with Crippen LogP contribution in [0, 0.1) is 6.92 Å². The number of fused-ring (bicyclic) bond motifs is 1. The minimum Gasteiger partial charge on any atom is -0.455 e. The average molecular weight is 456 g/mol. The highest BCUT2D eigenvalue weighted by atomic mass is 16.5. The van der Waals surface area contributed by atoms with E-state index >= 15 is 0 Å². The molecule has 0 aliphatic rings. The van der Waals surface area contributed by atoms with Gasteiger partial charge in [0, 0.05) is 16.8 Å². The maximum absolute atomic E-state index is 13.0. The third-order valence-electron chi connectivity index (χ3n) is 5.59. The van der Waals surface area contributed by atoms with Crippen LogP contribution in [0.2, 0.25) is 0 Å². The number of nitrogens with one attached hydrogen (secondary N) is 1. The van der Waals surface area contributed by atoms with Gasteiger partial charge in [-0.1, -0.05) is 68.4 Å². The first-order valence-corrected chi connectivity index (χ1v) is 11.0. The number of hydrogen-bond donors (Lipinski definition) is 1. The van der Waals surface area contributed by atoms with Crippen LogP contribution in [0.5, 0.6) is 0 Å². The Morgan fingerprint density at radius 1 is 0.941 bits per heavy atom. The number of rotatable bonds is 6. The molecule has 0 aliphatic carbocycles. The summed E-state index contributed by atoms with van der Waals surface area (Å²) < 4.78 is 11.3. The van der Waals surface area contributed by atoms with Crippen LogP contribution in [0.1, 0.15) is 41.3 Å². The number of para-hydroxylation sites is 2. The fraction of sp³-hybridized carbons (Fsp3) is 0.179. The molecule has 0 aliphatic heterocycles. The van der Waals surface area contributed by atoms with Crippen LogP contribution in [-0.4, -0.2) is 18.5 Å². The van der Waals surface area contributed by atoms with Crippen molar-refractivity contribution in [3.63, 3.8) is 0 Å². The molecule has 4 aromatic rings. The van der Waals surface area contributed by atoms with Crippen LogP contribution in [0.25, 0.3) is 22.3 Å². The first-order valence-electron chi connectivity index (χ1n) is 11.0. The lowest BCUT2D eigenvalue weighted by molar-refractivity contribution is -0.119. The minimum atomic E-state index is -0.746. The molecular weight excluding hydrogens is 430 g/mol. The van der Waals surface area contributed by atoms with Crippen molar-refractivity contribution in [2.75, 3.05) is 11.9 Å². The van der Waals surface area contributed by atoms with Gasteiger partial charge in [0.15, 0.2) is 17.6 Å². The lowest BCUT2D eigenvalue weighted by atomic mass is 10.0. The van der Waals surface area contributed by atoms with Crippen molar-refractivity contribution in [2.24, 2.45) is 0 Å². The molecule has 0 atom stereocenters. The summed E-state index contributed by atoms with van der Waals surface area (Å²) in [6.07, 6.45) is 0. The van der Waals surface area contributed by atoms with Gasteiger partial charge in [-0.25, -0.2) is 4.79 Å². The number of anilines is 1. The third-order valence-corrected chi connectivity index (χ3v) is 5.59. The predicted octanol–water partition coefficient (Wildman–Crippen LogP) is 5.69. The van der Waals surface area contributed by atoms with Crippen LogP contribution in [0.15, 0.2) is 82.0 Å². The number of carbonyl (C=O) groups excluding carboxylic acids is 2. The summed E-state index contributed by atoms with van der Waals surface area (Å²) >= 11 is 0. The highest BCUT2D eigenvalue weighted by Crippen LogP contribution is 2.28. The van der Waals surface area contributed by atoms with Gasteiger partial charge in [-0.3, -0.25) is 9.59 Å². The van der Waals surface area contributed by atoms with Crippen LogP contribution in [0.4, 0.5) is 5.69 Å². The Labute approximate surface area is 197 Å². The quantitative estimate of drug-likeness (QED) is 0.378. The van der Waals surface area contributed by atoms with Gasteiger partial charge >= 0.3 is 5.97 Å². The molecule has 172 valence electrons. The van der Waals surface area contributed by atoms with Crippen molar-refractivity contribution in [2.45, 2.75) is 26.7 Å². The molecule has 0 spiro atoms. The Morgan fingerprint density at radius 3 is 2.38 bits per heavy atom. The fourth-order valence-electron chi connectivity index (χ4n) is 3.84. The Balaban J connectivity index is 1.59. The van der Waals surface area contributed by atoms with Gasteiger partial charge < -0.3 is 14.5 Å². The summed E-state index contributed by atoms with van der Waals surface area (Å²) in [5.41, 5.74) is 2.84. The van der Waals surface area contributed by atoms with E-state index in [1.54, 1.807) is 19.1 Å². The average Bonchev–Trinajstić information content (AvgIpc) is 2.85. The van der Waals surface area contributed by atoms with Crippen LogP contribution in [-0.2, 0) is 9.53 Å². The van der Waals surface area contributed by atoms with E-state index in [1.165, 1.54) is 6.07 Å². The van der Waals surface area contributed by atoms with E-state index in [0.29, 0.717) is 17.0 Å². The summed E-state index contributed by atoms with van der Waals surface area (Å²) in [6.45, 7) is 5.29. The minimum absolute atomic E-state index is 0.0853. The molecular formula is C28H25NO5. The van der Waals surface area contributed by atoms with Crippen molar-refractivity contribution in [3.8, 4) is 11.3 Å². The van der Waals surface area contributed by atoms with Crippen molar-refractivity contribution in [1.29, 1.82) is 0 Å². The van der Waals surface area contributed by atoms with Gasteiger partial charge in [-0.15, -0.1) is 0 Å². The summed E-state index contributed by atoms with van der Waals surface area (Å²) in [5, 5.41) is 3.07. The Kier molecular flexibility index (Phi) is 6.59. The molecule has 0 radical (unpaired) electrons. The molecule has 0 fully saturated rings. The maximum atomic E-state index is 13.0. The first kappa shape index (κ1) is 23.0. The molecule has 1 aromatic heterocycles. The second-order valence-corrected chi connectivity index (χ2v) is 8.30. The summed E-state index contributed by atoms with van der Waals surface area (Å²) in [7, 11) is 0. The van der Waals surface area contributed by atoms with E-state index in [-0.39, 0.29) is 27.9 Å². The third kappa shape index (κ3) is 4.62. The zero-order valence-corrected chi connectivity index (χ0v) is 19.3. The van der Waals surface area contributed by atoms with E-state index in [0.717, 1.165) is 11.1 Å². The normalized spacial score (nSPS) is 10.9. The smallest absolute Gasteiger partial charge is 0.342 e. The van der Waals surface area contributed by atoms with E-state index < -0.39 is 18.5 Å². The van der Waals surface area contributed by atoms with E-state index in [9.17, 15) is 14.4 Å². The van der Waals surface area contributed by atoms with E-state index in [4.69, 9.17) is 9.15 Å². The molecule has 0 saturated carbocycles. The molecule has 6 heteroatoms. The largest absolute Gasteiger partial charge is 0.455 e. The summed E-state index contributed by atoms with van der Waals surface area (Å²) in [4.78, 5) is 38.3. The van der Waals surface area contributed by atoms with Crippen LogP contribution >= 0.6 is 0 Å². The highest BCUT2D eigenvalue weighted by Gasteiger charge is 2.20. The Morgan fingerprint density at radius 2 is 1.65 bits per heavy atom. The highest BCUT2D eigenvalue weighted by molar-refractivity contribution is 6.03. The number of carbonyl (C=O) groups is 2. The Bertz CT molecular complexity index is 1420. The van der Waals surface area contributed by atoms with Gasteiger partial charge in [0.05, 0.1) is 5.39 Å². The number of ether oxygens (including phenoxy) is 1. The van der Waals surface area contributed by atoms with Crippen molar-refractivity contribution >= 4 is 28.5 Å². The molecule has 6 nitrogen and oxygen atoms in total. The molecule has 1 heterocycles. The SMILES string of the molecule is Cc1c(-c2ccccc2)oc2c(C(=O)OCC(=O)Nc3ccccc3C(C)C)cccc2c1=O. The second-order valence-electron chi connectivity index (χ2n) is 8.30. The standard InChI is InChI=1S/C28H25NO5/c1-17(2)20-12-7-8-15-23(20)29-24(30)16-33-28(32)22-14-9-13-21-25(31)18(3)26(34-27(21)22)19-10-5-4-6-11-19/h4-15,17H,16H2,1-3H3,(H,29,30). The van der Waals surface area contributed by atoms with Gasteiger partial charge in [0.25, 0.3) is 5.91 Å². The van der Waals surface area contributed by atoms with Crippen molar-refractivity contribution in [1.82, 2.24) is 0 Å². The number of amides is 1. The van der Waals surface area contributed by atoms with E-state index in [2.05, 4.69) is 5.32 Å². The first-order chi connectivity index (χ1) is 16.4. The van der Waals surface area contributed by atoms with Gasteiger partial charge in [0.1, 0.15) is 11.3 Å². The zero-order chi connectivity index (χ0) is 24.2. The van der Waals surface area contributed by atoms with Crippen molar-refractivity contribution in [3.05, 3.63) is 99.7 Å². The fourth-order valence-corrected chi connectivity index (χ4v) is 3.84. The molecule has 34 heavy (non-hydrogen) atoms. The molecule has 0 bridgehead atoms.